The maximum atomic E-state index is 13.1. The molecule has 1 fully saturated rings. The molecule has 1 aromatic heterocycles. The van der Waals surface area contributed by atoms with E-state index >= 15 is 0 Å². The maximum Gasteiger partial charge on any atom is 0.277 e. The van der Waals surface area contributed by atoms with Crippen LogP contribution in [0, 0.1) is 11.6 Å². The van der Waals surface area contributed by atoms with Crippen LogP contribution in [0.3, 0.4) is 0 Å². The number of nitrogens with one attached hydrogen (secondary N) is 1. The van der Waals surface area contributed by atoms with Gasteiger partial charge in [0, 0.05) is 17.7 Å². The highest BCUT2D eigenvalue weighted by atomic mass is 32.2. The van der Waals surface area contributed by atoms with E-state index in [2.05, 4.69) is 15.5 Å². The summed E-state index contributed by atoms with van der Waals surface area (Å²) in [5, 5.41) is 10.9. The van der Waals surface area contributed by atoms with Gasteiger partial charge in [0.1, 0.15) is 0 Å². The van der Waals surface area contributed by atoms with E-state index in [4.69, 9.17) is 4.42 Å². The molecule has 1 saturated carbocycles. The van der Waals surface area contributed by atoms with Crippen LogP contribution in [0.4, 0.5) is 14.5 Å². The molecule has 0 bridgehead atoms. The third kappa shape index (κ3) is 4.31. The van der Waals surface area contributed by atoms with Gasteiger partial charge in [-0.3, -0.25) is 4.79 Å². The summed E-state index contributed by atoms with van der Waals surface area (Å²) in [6.45, 7) is 0. The van der Waals surface area contributed by atoms with Crippen molar-refractivity contribution in [2.24, 2.45) is 0 Å². The molecule has 8 heteroatoms. The van der Waals surface area contributed by atoms with Gasteiger partial charge >= 0.3 is 0 Å². The molecular formula is C16H17F2N3O2S. The van der Waals surface area contributed by atoms with E-state index in [0.717, 1.165) is 36.7 Å². The standard InChI is InChI=1S/C16H17F2N3O2S/c17-12-7-6-11(8-13(12)18)19-14(22)9-24-16-21-20-15(23-16)10-4-2-1-3-5-10/h6-8,10H,1-5,9H2,(H,19,22). The average molecular weight is 353 g/mol. The van der Waals surface area contributed by atoms with Crippen molar-refractivity contribution in [2.45, 2.75) is 43.2 Å². The summed E-state index contributed by atoms with van der Waals surface area (Å²) in [7, 11) is 0. The van der Waals surface area contributed by atoms with Gasteiger partial charge in [-0.2, -0.15) is 0 Å². The molecule has 1 aliphatic rings. The molecule has 0 aliphatic heterocycles. The summed E-state index contributed by atoms with van der Waals surface area (Å²) in [6, 6.07) is 3.20. The Hall–Kier alpha value is -1.96. The molecule has 0 spiro atoms. The van der Waals surface area contributed by atoms with E-state index in [9.17, 15) is 13.6 Å². The van der Waals surface area contributed by atoms with E-state index < -0.39 is 11.6 Å². The van der Waals surface area contributed by atoms with Crippen molar-refractivity contribution >= 4 is 23.4 Å². The summed E-state index contributed by atoms with van der Waals surface area (Å²) in [5.41, 5.74) is 0.202. The quantitative estimate of drug-likeness (QED) is 0.819. The fraction of sp³-hybridized carbons (Fsp3) is 0.438. The summed E-state index contributed by atoms with van der Waals surface area (Å²) < 4.78 is 31.5. The molecule has 3 rings (SSSR count). The maximum absolute atomic E-state index is 13.1. The molecule has 0 atom stereocenters. The van der Waals surface area contributed by atoms with Gasteiger partial charge in [-0.1, -0.05) is 31.0 Å². The number of anilines is 1. The van der Waals surface area contributed by atoms with Crippen LogP contribution in [-0.4, -0.2) is 21.9 Å². The number of hydrogen-bond donors (Lipinski definition) is 1. The normalized spacial score (nSPS) is 15.4. The van der Waals surface area contributed by atoms with Gasteiger partial charge in [-0.25, -0.2) is 8.78 Å². The predicted octanol–water partition coefficient (Wildman–Crippen LogP) is 4.13. The minimum Gasteiger partial charge on any atom is -0.416 e. The lowest BCUT2D eigenvalue weighted by Gasteiger charge is -2.17. The largest absolute Gasteiger partial charge is 0.416 e. The second-order valence-corrected chi connectivity index (χ2v) is 6.63. The van der Waals surface area contributed by atoms with Crippen LogP contribution < -0.4 is 5.32 Å². The second-order valence-electron chi connectivity index (χ2n) is 5.71. The highest BCUT2D eigenvalue weighted by Gasteiger charge is 2.21. The van der Waals surface area contributed by atoms with Gasteiger partial charge in [0.25, 0.3) is 5.22 Å². The number of halogens is 2. The number of benzene rings is 1. The highest BCUT2D eigenvalue weighted by molar-refractivity contribution is 7.99. The van der Waals surface area contributed by atoms with E-state index in [0.29, 0.717) is 17.0 Å². The first-order valence-corrected chi connectivity index (χ1v) is 8.81. The van der Waals surface area contributed by atoms with Crippen LogP contribution in [0.2, 0.25) is 0 Å². The first kappa shape index (κ1) is 16.9. The average Bonchev–Trinajstić information content (AvgIpc) is 3.06. The number of hydrogen-bond acceptors (Lipinski definition) is 5. The topological polar surface area (TPSA) is 68.0 Å². The number of carbonyl (C=O) groups is 1. The van der Waals surface area contributed by atoms with Crippen molar-refractivity contribution in [2.75, 3.05) is 11.1 Å². The second kappa shape index (κ2) is 7.74. The molecule has 1 heterocycles. The molecule has 1 amide bonds. The zero-order valence-corrected chi connectivity index (χ0v) is 13.7. The lowest BCUT2D eigenvalue weighted by Crippen LogP contribution is -2.14. The third-order valence-electron chi connectivity index (χ3n) is 3.91. The van der Waals surface area contributed by atoms with E-state index in [1.807, 2.05) is 0 Å². The van der Waals surface area contributed by atoms with Crippen molar-refractivity contribution in [1.82, 2.24) is 10.2 Å². The van der Waals surface area contributed by atoms with E-state index in [1.165, 1.54) is 25.3 Å². The molecule has 24 heavy (non-hydrogen) atoms. The summed E-state index contributed by atoms with van der Waals surface area (Å²) in [4.78, 5) is 11.9. The molecule has 0 saturated heterocycles. The Morgan fingerprint density at radius 2 is 2.00 bits per heavy atom. The number of aromatic nitrogens is 2. The molecule has 5 nitrogen and oxygen atoms in total. The van der Waals surface area contributed by atoms with Gasteiger partial charge in [-0.15, -0.1) is 10.2 Å². The minimum atomic E-state index is -1.01. The zero-order chi connectivity index (χ0) is 16.9. The molecular weight excluding hydrogens is 336 g/mol. The Kier molecular flexibility index (Phi) is 5.44. The van der Waals surface area contributed by atoms with Crippen molar-refractivity contribution < 1.29 is 18.0 Å². The van der Waals surface area contributed by atoms with Crippen molar-refractivity contribution in [3.05, 3.63) is 35.7 Å². The highest BCUT2D eigenvalue weighted by Crippen LogP contribution is 2.32. The molecule has 0 radical (unpaired) electrons. The van der Waals surface area contributed by atoms with Gasteiger partial charge in [0.05, 0.1) is 5.75 Å². The summed E-state index contributed by atoms with van der Waals surface area (Å²) in [5.74, 6) is -1.32. The number of carbonyl (C=O) groups excluding carboxylic acids is 1. The predicted molar refractivity (Wildman–Crippen MR) is 85.8 cm³/mol. The van der Waals surface area contributed by atoms with Crippen LogP contribution in [-0.2, 0) is 4.79 Å². The molecule has 128 valence electrons. The summed E-state index contributed by atoms with van der Waals surface area (Å²) in [6.07, 6.45) is 5.71. The monoisotopic (exact) mass is 353 g/mol. The Labute approximate surface area is 142 Å². The van der Waals surface area contributed by atoms with Gasteiger partial charge in [0.15, 0.2) is 11.6 Å². The van der Waals surface area contributed by atoms with Crippen LogP contribution in [0.25, 0.3) is 0 Å². The number of thioether (sulfide) groups is 1. The lowest BCUT2D eigenvalue weighted by atomic mass is 9.89. The molecule has 1 aliphatic carbocycles. The van der Waals surface area contributed by atoms with Crippen molar-refractivity contribution in [1.29, 1.82) is 0 Å². The van der Waals surface area contributed by atoms with Gasteiger partial charge in [0.2, 0.25) is 11.8 Å². The first-order chi connectivity index (χ1) is 11.6. The van der Waals surface area contributed by atoms with E-state index in [1.54, 1.807) is 0 Å². The minimum absolute atomic E-state index is 0.0469. The number of nitrogens with zero attached hydrogens (tertiary/aromatic N) is 2. The first-order valence-electron chi connectivity index (χ1n) is 7.83. The smallest absolute Gasteiger partial charge is 0.277 e. The Morgan fingerprint density at radius 3 is 2.75 bits per heavy atom. The number of amides is 1. The fourth-order valence-corrected chi connectivity index (χ4v) is 3.26. The fourth-order valence-electron chi connectivity index (χ4n) is 2.69. The van der Waals surface area contributed by atoms with Crippen LogP contribution >= 0.6 is 11.8 Å². The van der Waals surface area contributed by atoms with Crippen molar-refractivity contribution in [3.63, 3.8) is 0 Å². The summed E-state index contributed by atoms with van der Waals surface area (Å²) >= 11 is 1.12. The van der Waals surface area contributed by atoms with E-state index in [-0.39, 0.29) is 17.3 Å². The molecule has 1 N–H and O–H groups in total. The van der Waals surface area contributed by atoms with Crippen LogP contribution in [0.1, 0.15) is 43.9 Å². The van der Waals surface area contributed by atoms with Crippen LogP contribution in [0.15, 0.2) is 27.8 Å². The van der Waals surface area contributed by atoms with Crippen molar-refractivity contribution in [3.8, 4) is 0 Å². The third-order valence-corrected chi connectivity index (χ3v) is 4.73. The molecule has 0 unspecified atom stereocenters. The Morgan fingerprint density at radius 1 is 1.21 bits per heavy atom. The van der Waals surface area contributed by atoms with Gasteiger partial charge < -0.3 is 9.73 Å². The number of rotatable bonds is 5. The Bertz CT molecular complexity index is 717. The molecule has 1 aromatic carbocycles. The van der Waals surface area contributed by atoms with Crippen LogP contribution in [0.5, 0.6) is 0 Å². The zero-order valence-electron chi connectivity index (χ0n) is 12.9. The lowest BCUT2D eigenvalue weighted by molar-refractivity contribution is -0.113. The van der Waals surface area contributed by atoms with Gasteiger partial charge in [-0.05, 0) is 25.0 Å². The Balaban J connectivity index is 1.50. The molecule has 2 aromatic rings. The SMILES string of the molecule is O=C(CSc1nnc(C2CCCCC2)o1)Nc1ccc(F)c(F)c1.